The van der Waals surface area contributed by atoms with Crippen molar-refractivity contribution in [2.45, 2.75) is 20.8 Å². The number of hydrogen-bond acceptors (Lipinski definition) is 3. The van der Waals surface area contributed by atoms with Gasteiger partial charge in [-0.1, -0.05) is 17.2 Å². The highest BCUT2D eigenvalue weighted by Crippen LogP contribution is 2.14. The average molecular weight is 310 g/mol. The Morgan fingerprint density at radius 3 is 2.05 bits per heavy atom. The molecule has 6 heteroatoms. The fourth-order valence-corrected chi connectivity index (χ4v) is 3.72. The van der Waals surface area contributed by atoms with Crippen LogP contribution in [0.3, 0.4) is 0 Å². The van der Waals surface area contributed by atoms with Crippen LogP contribution < -0.4 is 0 Å². The first-order chi connectivity index (χ1) is 9.83. The molecule has 0 unspecified atom stereocenters. The number of hydrogen-bond donors (Lipinski definition) is 0. The molecule has 0 radical (unpaired) electrons. The van der Waals surface area contributed by atoms with E-state index in [1.54, 1.807) is 11.8 Å². The molecule has 0 bridgehead atoms. The van der Waals surface area contributed by atoms with Gasteiger partial charge in [-0.15, -0.1) is 0 Å². The van der Waals surface area contributed by atoms with Crippen LogP contribution in [0.5, 0.6) is 0 Å². The summed E-state index contributed by atoms with van der Waals surface area (Å²) < 4.78 is 25.1. The Labute approximate surface area is 126 Å². The van der Waals surface area contributed by atoms with Crippen LogP contribution in [0, 0.1) is 13.8 Å². The SMILES string of the molecule is CCS(=O)(=O)N1CCN(C(=O)c2cc(C)cc(C)c2)CC1. The van der Waals surface area contributed by atoms with Crippen molar-refractivity contribution < 1.29 is 13.2 Å². The zero-order valence-electron chi connectivity index (χ0n) is 12.8. The van der Waals surface area contributed by atoms with Gasteiger partial charge >= 0.3 is 0 Å². The molecule has 0 aromatic heterocycles. The van der Waals surface area contributed by atoms with E-state index in [2.05, 4.69) is 0 Å². The van der Waals surface area contributed by atoms with E-state index in [9.17, 15) is 13.2 Å². The lowest BCUT2D eigenvalue weighted by Crippen LogP contribution is -2.50. The molecule has 0 saturated carbocycles. The Kier molecular flexibility index (Phi) is 4.68. The molecule has 1 aliphatic rings. The molecule has 0 N–H and O–H groups in total. The van der Waals surface area contributed by atoms with E-state index in [0.29, 0.717) is 31.7 Å². The summed E-state index contributed by atoms with van der Waals surface area (Å²) in [7, 11) is -3.15. The maximum atomic E-state index is 12.5. The molecule has 0 aliphatic carbocycles. The number of benzene rings is 1. The smallest absolute Gasteiger partial charge is 0.253 e. The standard InChI is InChI=1S/C15H22N2O3S/c1-4-21(19,20)17-7-5-16(6-8-17)15(18)14-10-12(2)9-13(3)11-14/h9-11H,4-8H2,1-3H3. The Morgan fingerprint density at radius 2 is 1.57 bits per heavy atom. The van der Waals surface area contributed by atoms with Gasteiger partial charge in [0.05, 0.1) is 5.75 Å². The quantitative estimate of drug-likeness (QED) is 0.848. The van der Waals surface area contributed by atoms with Gasteiger partial charge in [0, 0.05) is 31.7 Å². The molecule has 116 valence electrons. The Morgan fingerprint density at radius 1 is 1.05 bits per heavy atom. The van der Waals surface area contributed by atoms with Crippen LogP contribution in [0.4, 0.5) is 0 Å². The molecule has 1 amide bonds. The number of piperazine rings is 1. The van der Waals surface area contributed by atoms with Gasteiger partial charge < -0.3 is 4.90 Å². The van der Waals surface area contributed by atoms with Crippen molar-refractivity contribution in [3.63, 3.8) is 0 Å². The van der Waals surface area contributed by atoms with Gasteiger partial charge in [-0.25, -0.2) is 8.42 Å². The Bertz CT molecular complexity index is 612. The number of sulfonamides is 1. The van der Waals surface area contributed by atoms with Crippen molar-refractivity contribution in [1.82, 2.24) is 9.21 Å². The minimum absolute atomic E-state index is 0.0182. The molecule has 21 heavy (non-hydrogen) atoms. The molecule has 1 aliphatic heterocycles. The molecule has 1 heterocycles. The first-order valence-corrected chi connectivity index (χ1v) is 8.80. The van der Waals surface area contributed by atoms with Crippen LogP contribution in [0.25, 0.3) is 0 Å². The van der Waals surface area contributed by atoms with Crippen molar-refractivity contribution in [2.24, 2.45) is 0 Å². The van der Waals surface area contributed by atoms with Crippen molar-refractivity contribution in [2.75, 3.05) is 31.9 Å². The molecule has 5 nitrogen and oxygen atoms in total. The molecule has 0 atom stereocenters. The summed E-state index contributed by atoms with van der Waals surface area (Å²) in [6.45, 7) is 7.24. The normalized spacial score (nSPS) is 17.0. The Balaban J connectivity index is 2.07. The van der Waals surface area contributed by atoms with Crippen LogP contribution in [0.2, 0.25) is 0 Å². The van der Waals surface area contributed by atoms with Gasteiger partial charge in [-0.3, -0.25) is 4.79 Å². The second kappa shape index (κ2) is 6.15. The summed E-state index contributed by atoms with van der Waals surface area (Å²) in [5.41, 5.74) is 2.80. The van der Waals surface area contributed by atoms with Crippen molar-refractivity contribution in [3.05, 3.63) is 34.9 Å². The van der Waals surface area contributed by atoms with Gasteiger partial charge in [0.25, 0.3) is 5.91 Å². The topological polar surface area (TPSA) is 57.7 Å². The second-order valence-electron chi connectivity index (χ2n) is 5.47. The van der Waals surface area contributed by atoms with E-state index in [1.165, 1.54) is 4.31 Å². The van der Waals surface area contributed by atoms with E-state index in [0.717, 1.165) is 11.1 Å². The summed E-state index contributed by atoms with van der Waals surface area (Å²) >= 11 is 0. The van der Waals surface area contributed by atoms with Crippen LogP contribution >= 0.6 is 0 Å². The molecular formula is C15H22N2O3S. The average Bonchev–Trinajstić information content (AvgIpc) is 2.45. The third-order valence-corrected chi connectivity index (χ3v) is 5.63. The minimum atomic E-state index is -3.15. The Hall–Kier alpha value is -1.40. The highest BCUT2D eigenvalue weighted by atomic mass is 32.2. The van der Waals surface area contributed by atoms with Gasteiger partial charge in [0.1, 0.15) is 0 Å². The number of rotatable bonds is 3. The summed E-state index contributed by atoms with van der Waals surface area (Å²) in [6, 6.07) is 5.79. The predicted octanol–water partition coefficient (Wildman–Crippen LogP) is 1.41. The molecular weight excluding hydrogens is 288 g/mol. The summed E-state index contributed by atoms with van der Waals surface area (Å²) in [6.07, 6.45) is 0. The van der Waals surface area contributed by atoms with Crippen LogP contribution in [0.15, 0.2) is 18.2 Å². The third kappa shape index (κ3) is 3.63. The van der Waals surface area contributed by atoms with E-state index < -0.39 is 10.0 Å². The highest BCUT2D eigenvalue weighted by molar-refractivity contribution is 7.89. The van der Waals surface area contributed by atoms with Gasteiger partial charge in [-0.2, -0.15) is 4.31 Å². The van der Waals surface area contributed by atoms with Crippen molar-refractivity contribution in [1.29, 1.82) is 0 Å². The molecule has 1 fully saturated rings. The number of carbonyl (C=O) groups excluding carboxylic acids is 1. The zero-order valence-corrected chi connectivity index (χ0v) is 13.6. The fraction of sp³-hybridized carbons (Fsp3) is 0.533. The molecule has 2 rings (SSSR count). The molecule has 1 aromatic carbocycles. The van der Waals surface area contributed by atoms with E-state index in [1.807, 2.05) is 32.0 Å². The summed E-state index contributed by atoms with van der Waals surface area (Å²) in [5, 5.41) is 0. The molecule has 1 aromatic rings. The monoisotopic (exact) mass is 310 g/mol. The van der Waals surface area contributed by atoms with Crippen molar-refractivity contribution >= 4 is 15.9 Å². The highest BCUT2D eigenvalue weighted by Gasteiger charge is 2.28. The predicted molar refractivity (Wildman–Crippen MR) is 82.9 cm³/mol. The van der Waals surface area contributed by atoms with E-state index in [-0.39, 0.29) is 11.7 Å². The number of carbonyl (C=O) groups is 1. The second-order valence-corrected chi connectivity index (χ2v) is 7.73. The lowest BCUT2D eigenvalue weighted by atomic mass is 10.1. The summed E-state index contributed by atoms with van der Waals surface area (Å²) in [5.74, 6) is 0.0910. The lowest BCUT2D eigenvalue weighted by Gasteiger charge is -2.34. The van der Waals surface area contributed by atoms with Gasteiger partial charge in [0.15, 0.2) is 0 Å². The van der Waals surface area contributed by atoms with Crippen LogP contribution in [-0.4, -0.2) is 55.5 Å². The fourth-order valence-electron chi connectivity index (χ4n) is 2.63. The minimum Gasteiger partial charge on any atom is -0.336 e. The molecule has 0 spiro atoms. The largest absolute Gasteiger partial charge is 0.336 e. The van der Waals surface area contributed by atoms with E-state index in [4.69, 9.17) is 0 Å². The first kappa shape index (κ1) is 16.0. The van der Waals surface area contributed by atoms with Crippen LogP contribution in [-0.2, 0) is 10.0 Å². The maximum Gasteiger partial charge on any atom is 0.253 e. The maximum absolute atomic E-state index is 12.5. The number of nitrogens with zero attached hydrogens (tertiary/aromatic N) is 2. The van der Waals surface area contributed by atoms with E-state index >= 15 is 0 Å². The third-order valence-electron chi connectivity index (χ3n) is 3.75. The van der Waals surface area contributed by atoms with Crippen molar-refractivity contribution in [3.8, 4) is 0 Å². The summed E-state index contributed by atoms with van der Waals surface area (Å²) in [4.78, 5) is 14.2. The number of aryl methyl sites for hydroxylation is 2. The lowest BCUT2D eigenvalue weighted by molar-refractivity contribution is 0.0698. The van der Waals surface area contributed by atoms with Gasteiger partial charge in [-0.05, 0) is 32.9 Å². The van der Waals surface area contributed by atoms with Crippen LogP contribution in [0.1, 0.15) is 28.4 Å². The first-order valence-electron chi connectivity index (χ1n) is 7.19. The zero-order chi connectivity index (χ0) is 15.6. The number of amides is 1. The molecule has 1 saturated heterocycles. The van der Waals surface area contributed by atoms with Gasteiger partial charge in [0.2, 0.25) is 10.0 Å².